The second kappa shape index (κ2) is 5.22. The van der Waals surface area contributed by atoms with Gasteiger partial charge in [-0.05, 0) is 54.2 Å². The summed E-state index contributed by atoms with van der Waals surface area (Å²) >= 11 is 5.87. The molecule has 0 radical (unpaired) electrons. The van der Waals surface area contributed by atoms with Crippen LogP contribution in [0, 0.1) is 5.82 Å². The maximum Gasteiger partial charge on any atom is 0.146 e. The molecule has 0 unspecified atom stereocenters. The lowest BCUT2D eigenvalue weighted by Crippen LogP contribution is -2.02. The molecular formula is C16H15ClFN. The summed E-state index contributed by atoms with van der Waals surface area (Å²) in [6.07, 6.45) is 3.59. The highest BCUT2D eigenvalue weighted by atomic mass is 35.5. The molecule has 2 aromatic rings. The van der Waals surface area contributed by atoms with Crippen LogP contribution in [-0.2, 0) is 19.4 Å². The van der Waals surface area contributed by atoms with E-state index in [-0.39, 0.29) is 5.82 Å². The van der Waals surface area contributed by atoms with Crippen molar-refractivity contribution in [1.82, 2.24) is 0 Å². The van der Waals surface area contributed by atoms with Crippen LogP contribution in [0.1, 0.15) is 23.1 Å². The van der Waals surface area contributed by atoms with Crippen molar-refractivity contribution < 1.29 is 4.39 Å². The maximum atomic E-state index is 13.6. The highest BCUT2D eigenvalue weighted by Gasteiger charge is 2.10. The van der Waals surface area contributed by atoms with Gasteiger partial charge in [0.15, 0.2) is 0 Å². The van der Waals surface area contributed by atoms with Crippen LogP contribution in [0.5, 0.6) is 0 Å². The SMILES string of the molecule is Fc1ccc(Cl)cc1NCc1ccc2c(c1)CCC2. The molecule has 3 rings (SSSR count). The van der Waals surface area contributed by atoms with Gasteiger partial charge in [-0.3, -0.25) is 0 Å². The van der Waals surface area contributed by atoms with Crippen molar-refractivity contribution in [3.05, 3.63) is 63.9 Å². The van der Waals surface area contributed by atoms with E-state index in [2.05, 4.69) is 23.5 Å². The van der Waals surface area contributed by atoms with Crippen molar-refractivity contribution in [2.45, 2.75) is 25.8 Å². The van der Waals surface area contributed by atoms with Gasteiger partial charge in [0.05, 0.1) is 5.69 Å². The third kappa shape index (κ3) is 2.74. The molecule has 1 N–H and O–H groups in total. The van der Waals surface area contributed by atoms with Gasteiger partial charge in [0.2, 0.25) is 0 Å². The molecule has 1 aliphatic carbocycles. The number of fused-ring (bicyclic) bond motifs is 1. The van der Waals surface area contributed by atoms with E-state index in [1.54, 1.807) is 12.1 Å². The number of anilines is 1. The minimum Gasteiger partial charge on any atom is -0.379 e. The molecule has 0 aromatic heterocycles. The topological polar surface area (TPSA) is 12.0 Å². The first-order valence-electron chi connectivity index (χ1n) is 6.52. The van der Waals surface area contributed by atoms with E-state index in [9.17, 15) is 4.39 Å². The number of halogens is 2. The molecular weight excluding hydrogens is 261 g/mol. The molecule has 0 fully saturated rings. The first kappa shape index (κ1) is 12.5. The van der Waals surface area contributed by atoms with Crippen molar-refractivity contribution in [3.63, 3.8) is 0 Å². The molecule has 98 valence electrons. The van der Waals surface area contributed by atoms with E-state index < -0.39 is 0 Å². The number of hydrogen-bond acceptors (Lipinski definition) is 1. The number of nitrogens with one attached hydrogen (secondary N) is 1. The smallest absolute Gasteiger partial charge is 0.146 e. The van der Waals surface area contributed by atoms with Gasteiger partial charge in [-0.1, -0.05) is 29.8 Å². The van der Waals surface area contributed by atoms with Gasteiger partial charge in [0.1, 0.15) is 5.82 Å². The van der Waals surface area contributed by atoms with Crippen LogP contribution in [0.25, 0.3) is 0 Å². The van der Waals surface area contributed by atoms with Gasteiger partial charge in [-0.2, -0.15) is 0 Å². The fourth-order valence-corrected chi connectivity index (χ4v) is 2.74. The normalized spacial score (nSPS) is 13.4. The Balaban J connectivity index is 1.74. The summed E-state index contributed by atoms with van der Waals surface area (Å²) in [5.74, 6) is -0.273. The van der Waals surface area contributed by atoms with Gasteiger partial charge in [0, 0.05) is 11.6 Å². The quantitative estimate of drug-likeness (QED) is 0.864. The van der Waals surface area contributed by atoms with E-state index in [0.717, 1.165) is 6.42 Å². The standard InChI is InChI=1S/C16H15ClFN/c17-14-6-7-15(18)16(9-14)19-10-11-4-5-12-2-1-3-13(12)8-11/h4-9,19H,1-3,10H2. The molecule has 0 aliphatic heterocycles. The molecule has 1 aliphatic rings. The van der Waals surface area contributed by atoms with Crippen molar-refractivity contribution in [2.75, 3.05) is 5.32 Å². The van der Waals surface area contributed by atoms with E-state index in [1.165, 1.54) is 35.6 Å². The Kier molecular flexibility index (Phi) is 3.43. The minimum atomic E-state index is -0.273. The monoisotopic (exact) mass is 275 g/mol. The van der Waals surface area contributed by atoms with Crippen LogP contribution in [0.2, 0.25) is 5.02 Å². The number of rotatable bonds is 3. The molecule has 0 saturated carbocycles. The fraction of sp³-hybridized carbons (Fsp3) is 0.250. The van der Waals surface area contributed by atoms with Crippen molar-refractivity contribution in [3.8, 4) is 0 Å². The van der Waals surface area contributed by atoms with Crippen LogP contribution in [0.15, 0.2) is 36.4 Å². The van der Waals surface area contributed by atoms with E-state index in [4.69, 9.17) is 11.6 Å². The highest BCUT2D eigenvalue weighted by molar-refractivity contribution is 6.30. The van der Waals surface area contributed by atoms with Crippen LogP contribution in [-0.4, -0.2) is 0 Å². The zero-order valence-electron chi connectivity index (χ0n) is 10.5. The molecule has 0 amide bonds. The summed E-state index contributed by atoms with van der Waals surface area (Å²) in [5.41, 5.74) is 4.52. The Morgan fingerprint density at radius 3 is 2.79 bits per heavy atom. The Hall–Kier alpha value is -1.54. The molecule has 0 saturated heterocycles. The van der Waals surface area contributed by atoms with Crippen LogP contribution in [0.3, 0.4) is 0 Å². The number of benzene rings is 2. The Morgan fingerprint density at radius 1 is 1.05 bits per heavy atom. The molecule has 0 bridgehead atoms. The Labute approximate surface area is 117 Å². The number of hydrogen-bond donors (Lipinski definition) is 1. The van der Waals surface area contributed by atoms with Gasteiger partial charge in [-0.25, -0.2) is 4.39 Å². The highest BCUT2D eigenvalue weighted by Crippen LogP contribution is 2.24. The third-order valence-corrected chi connectivity index (χ3v) is 3.81. The maximum absolute atomic E-state index is 13.6. The second-order valence-electron chi connectivity index (χ2n) is 4.93. The predicted octanol–water partition coefficient (Wildman–Crippen LogP) is 4.58. The van der Waals surface area contributed by atoms with E-state index >= 15 is 0 Å². The largest absolute Gasteiger partial charge is 0.379 e. The third-order valence-electron chi connectivity index (χ3n) is 3.57. The van der Waals surface area contributed by atoms with Crippen molar-refractivity contribution in [1.29, 1.82) is 0 Å². The average molecular weight is 276 g/mol. The first-order chi connectivity index (χ1) is 9.22. The lowest BCUT2D eigenvalue weighted by molar-refractivity contribution is 0.630. The summed E-state index contributed by atoms with van der Waals surface area (Å²) in [4.78, 5) is 0. The minimum absolute atomic E-state index is 0.273. The van der Waals surface area contributed by atoms with E-state index in [1.807, 2.05) is 0 Å². The summed E-state index contributed by atoms with van der Waals surface area (Å²) in [7, 11) is 0. The predicted molar refractivity (Wildman–Crippen MR) is 77.2 cm³/mol. The summed E-state index contributed by atoms with van der Waals surface area (Å²) in [6.45, 7) is 0.616. The molecule has 0 atom stereocenters. The molecule has 2 aromatic carbocycles. The Bertz CT molecular complexity index is 610. The molecule has 19 heavy (non-hydrogen) atoms. The van der Waals surface area contributed by atoms with Gasteiger partial charge >= 0.3 is 0 Å². The Morgan fingerprint density at radius 2 is 1.89 bits per heavy atom. The van der Waals surface area contributed by atoms with Crippen LogP contribution < -0.4 is 5.32 Å². The molecule has 0 heterocycles. The van der Waals surface area contributed by atoms with Crippen molar-refractivity contribution in [2.24, 2.45) is 0 Å². The average Bonchev–Trinajstić information content (AvgIpc) is 2.87. The summed E-state index contributed by atoms with van der Waals surface area (Å²) in [6, 6.07) is 11.1. The zero-order valence-corrected chi connectivity index (χ0v) is 11.3. The molecule has 3 heteroatoms. The first-order valence-corrected chi connectivity index (χ1v) is 6.90. The summed E-state index contributed by atoms with van der Waals surface area (Å²) in [5, 5.41) is 3.64. The second-order valence-corrected chi connectivity index (χ2v) is 5.37. The number of aryl methyl sites for hydroxylation is 2. The molecule has 0 spiro atoms. The van der Waals surface area contributed by atoms with Crippen LogP contribution in [0.4, 0.5) is 10.1 Å². The van der Waals surface area contributed by atoms with Crippen LogP contribution >= 0.6 is 11.6 Å². The lowest BCUT2D eigenvalue weighted by Gasteiger charge is -2.09. The summed E-state index contributed by atoms with van der Waals surface area (Å²) < 4.78 is 13.6. The van der Waals surface area contributed by atoms with Gasteiger partial charge in [-0.15, -0.1) is 0 Å². The van der Waals surface area contributed by atoms with E-state index in [0.29, 0.717) is 17.3 Å². The lowest BCUT2D eigenvalue weighted by atomic mass is 10.1. The van der Waals surface area contributed by atoms with Gasteiger partial charge < -0.3 is 5.32 Å². The zero-order chi connectivity index (χ0) is 13.2. The molecule has 1 nitrogen and oxygen atoms in total. The van der Waals surface area contributed by atoms with Gasteiger partial charge in [0.25, 0.3) is 0 Å². The fourth-order valence-electron chi connectivity index (χ4n) is 2.57. The van der Waals surface area contributed by atoms with Crippen molar-refractivity contribution >= 4 is 17.3 Å².